The first kappa shape index (κ1) is 11.5. The van der Waals surface area contributed by atoms with Crippen LogP contribution in [0.15, 0.2) is 47.1 Å². The van der Waals surface area contributed by atoms with E-state index in [1.165, 1.54) is 0 Å². The second kappa shape index (κ2) is 4.57. The number of rotatable bonds is 3. The fourth-order valence-electron chi connectivity index (χ4n) is 2.03. The number of ether oxygens (including phenoxy) is 1. The minimum atomic E-state index is 0.575. The molecule has 0 spiro atoms. The molecule has 0 saturated heterocycles. The number of benzene rings is 1. The van der Waals surface area contributed by atoms with Crippen molar-refractivity contribution in [3.05, 3.63) is 48.3 Å². The van der Waals surface area contributed by atoms with Gasteiger partial charge < -0.3 is 9.15 Å². The second-order valence-electron chi connectivity index (χ2n) is 4.07. The lowest BCUT2D eigenvalue weighted by Gasteiger charge is -2.01. The van der Waals surface area contributed by atoms with Crippen LogP contribution < -0.4 is 4.74 Å². The molecule has 4 heteroatoms. The summed E-state index contributed by atoms with van der Waals surface area (Å²) in [6.07, 6.45) is 4.22. The van der Waals surface area contributed by atoms with Crippen molar-refractivity contribution in [1.29, 1.82) is 0 Å². The molecule has 0 radical (unpaired) electrons. The zero-order valence-electron chi connectivity index (χ0n) is 10.3. The first-order valence-electron chi connectivity index (χ1n) is 5.79. The Labute approximate surface area is 109 Å². The standard InChI is InChI=1S/C15H11NO3/c1-18-13-5-4-11(9-17)12-7-14(19-15(12)13)10-3-2-6-16-8-10/h2-9H,1H3. The van der Waals surface area contributed by atoms with Gasteiger partial charge in [0.25, 0.3) is 0 Å². The summed E-state index contributed by atoms with van der Waals surface area (Å²) in [7, 11) is 1.57. The van der Waals surface area contributed by atoms with E-state index in [1.807, 2.05) is 18.2 Å². The van der Waals surface area contributed by atoms with Gasteiger partial charge in [-0.2, -0.15) is 0 Å². The van der Waals surface area contributed by atoms with Crippen molar-refractivity contribution in [1.82, 2.24) is 4.98 Å². The Balaban J connectivity index is 2.27. The van der Waals surface area contributed by atoms with Crippen LogP contribution in [0.4, 0.5) is 0 Å². The molecule has 0 N–H and O–H groups in total. The molecule has 0 aliphatic heterocycles. The van der Waals surface area contributed by atoms with Crippen LogP contribution in [0, 0.1) is 0 Å². The normalized spacial score (nSPS) is 10.6. The molecule has 94 valence electrons. The van der Waals surface area contributed by atoms with Gasteiger partial charge in [0.1, 0.15) is 5.76 Å². The third-order valence-corrected chi connectivity index (χ3v) is 2.97. The third-order valence-electron chi connectivity index (χ3n) is 2.97. The van der Waals surface area contributed by atoms with E-state index in [0.717, 1.165) is 17.2 Å². The van der Waals surface area contributed by atoms with Crippen molar-refractivity contribution >= 4 is 17.3 Å². The van der Waals surface area contributed by atoms with E-state index in [2.05, 4.69) is 4.98 Å². The molecule has 0 amide bonds. The maximum atomic E-state index is 11.1. The smallest absolute Gasteiger partial charge is 0.177 e. The first-order chi connectivity index (χ1) is 9.33. The van der Waals surface area contributed by atoms with Crippen LogP contribution in [-0.4, -0.2) is 18.4 Å². The Hall–Kier alpha value is -2.62. The van der Waals surface area contributed by atoms with E-state index < -0.39 is 0 Å². The van der Waals surface area contributed by atoms with E-state index >= 15 is 0 Å². The maximum absolute atomic E-state index is 11.1. The lowest BCUT2D eigenvalue weighted by atomic mass is 10.1. The minimum absolute atomic E-state index is 0.575. The van der Waals surface area contributed by atoms with Crippen molar-refractivity contribution in [2.75, 3.05) is 7.11 Å². The van der Waals surface area contributed by atoms with Crippen LogP contribution in [0.2, 0.25) is 0 Å². The van der Waals surface area contributed by atoms with Gasteiger partial charge in [0.15, 0.2) is 17.6 Å². The predicted molar refractivity (Wildman–Crippen MR) is 71.4 cm³/mol. The number of fused-ring (bicyclic) bond motifs is 1. The molecule has 0 saturated carbocycles. The Morgan fingerprint density at radius 3 is 2.89 bits per heavy atom. The number of pyridine rings is 1. The maximum Gasteiger partial charge on any atom is 0.177 e. The fraction of sp³-hybridized carbons (Fsp3) is 0.0667. The van der Waals surface area contributed by atoms with Crippen molar-refractivity contribution in [2.24, 2.45) is 0 Å². The van der Waals surface area contributed by atoms with Crippen molar-refractivity contribution < 1.29 is 13.9 Å². The van der Waals surface area contributed by atoms with E-state index in [4.69, 9.17) is 9.15 Å². The average molecular weight is 253 g/mol. The zero-order chi connectivity index (χ0) is 13.2. The van der Waals surface area contributed by atoms with Gasteiger partial charge in [-0.15, -0.1) is 0 Å². The number of nitrogens with zero attached hydrogens (tertiary/aromatic N) is 1. The molecular weight excluding hydrogens is 242 g/mol. The lowest BCUT2D eigenvalue weighted by molar-refractivity contribution is 0.112. The summed E-state index contributed by atoms with van der Waals surface area (Å²) >= 11 is 0. The Kier molecular flexibility index (Phi) is 2.76. The van der Waals surface area contributed by atoms with Crippen LogP contribution in [0.25, 0.3) is 22.3 Å². The molecule has 2 aromatic heterocycles. The predicted octanol–water partition coefficient (Wildman–Crippen LogP) is 3.32. The van der Waals surface area contributed by atoms with Gasteiger partial charge in [0.05, 0.1) is 7.11 Å². The molecule has 3 rings (SSSR count). The molecule has 1 aromatic carbocycles. The van der Waals surface area contributed by atoms with Gasteiger partial charge in [-0.25, -0.2) is 0 Å². The highest BCUT2D eigenvalue weighted by molar-refractivity contribution is 6.00. The number of furan rings is 1. The van der Waals surface area contributed by atoms with E-state index in [9.17, 15) is 4.79 Å². The number of hydrogen-bond acceptors (Lipinski definition) is 4. The summed E-state index contributed by atoms with van der Waals surface area (Å²) in [6.45, 7) is 0. The second-order valence-corrected chi connectivity index (χ2v) is 4.07. The third kappa shape index (κ3) is 1.87. The SMILES string of the molecule is COc1ccc(C=O)c2cc(-c3cccnc3)oc12. The summed E-state index contributed by atoms with van der Waals surface area (Å²) in [5.74, 6) is 1.27. The summed E-state index contributed by atoms with van der Waals surface area (Å²) in [4.78, 5) is 15.1. The summed E-state index contributed by atoms with van der Waals surface area (Å²) in [5.41, 5.74) is 2.01. The van der Waals surface area contributed by atoms with E-state index in [-0.39, 0.29) is 0 Å². The number of carbonyl (C=O) groups excluding carboxylic acids is 1. The molecule has 0 bridgehead atoms. The van der Waals surface area contributed by atoms with Gasteiger partial charge >= 0.3 is 0 Å². The monoisotopic (exact) mass is 253 g/mol. The zero-order valence-corrected chi connectivity index (χ0v) is 10.3. The molecule has 0 fully saturated rings. The molecule has 0 aliphatic rings. The molecule has 19 heavy (non-hydrogen) atoms. The highest BCUT2D eigenvalue weighted by Crippen LogP contribution is 2.34. The van der Waals surface area contributed by atoms with Crippen LogP contribution in [0.5, 0.6) is 5.75 Å². The first-order valence-corrected chi connectivity index (χ1v) is 5.79. The number of carbonyl (C=O) groups is 1. The number of aromatic nitrogens is 1. The van der Waals surface area contributed by atoms with E-state index in [1.54, 1.807) is 31.6 Å². The van der Waals surface area contributed by atoms with Gasteiger partial charge in [-0.3, -0.25) is 9.78 Å². The van der Waals surface area contributed by atoms with Gasteiger partial charge in [0.2, 0.25) is 0 Å². The molecule has 3 aromatic rings. The molecule has 2 heterocycles. The van der Waals surface area contributed by atoms with Gasteiger partial charge in [0, 0.05) is 28.9 Å². The number of hydrogen-bond donors (Lipinski definition) is 0. The lowest BCUT2D eigenvalue weighted by Crippen LogP contribution is -1.86. The van der Waals surface area contributed by atoms with Crippen molar-refractivity contribution in [3.63, 3.8) is 0 Å². The van der Waals surface area contributed by atoms with Gasteiger partial charge in [-0.1, -0.05) is 0 Å². The fourth-order valence-corrected chi connectivity index (χ4v) is 2.03. The Bertz CT molecular complexity index is 732. The topological polar surface area (TPSA) is 52.3 Å². The van der Waals surface area contributed by atoms with Crippen LogP contribution in [0.3, 0.4) is 0 Å². The molecule has 0 atom stereocenters. The summed E-state index contributed by atoms with van der Waals surface area (Å²) in [5, 5.41) is 0.744. The molecule has 0 unspecified atom stereocenters. The quantitative estimate of drug-likeness (QED) is 0.672. The summed E-state index contributed by atoms with van der Waals surface area (Å²) < 4.78 is 11.0. The van der Waals surface area contributed by atoms with Gasteiger partial charge in [-0.05, 0) is 30.3 Å². The van der Waals surface area contributed by atoms with Crippen LogP contribution >= 0.6 is 0 Å². The summed E-state index contributed by atoms with van der Waals surface area (Å²) in [6, 6.07) is 9.01. The van der Waals surface area contributed by atoms with Crippen LogP contribution in [0.1, 0.15) is 10.4 Å². The van der Waals surface area contributed by atoms with Crippen molar-refractivity contribution in [3.8, 4) is 17.1 Å². The Morgan fingerprint density at radius 1 is 1.32 bits per heavy atom. The largest absolute Gasteiger partial charge is 0.493 e. The molecular formula is C15H11NO3. The molecule has 0 aliphatic carbocycles. The highest BCUT2D eigenvalue weighted by atomic mass is 16.5. The van der Waals surface area contributed by atoms with Crippen LogP contribution in [-0.2, 0) is 0 Å². The molecule has 4 nitrogen and oxygen atoms in total. The Morgan fingerprint density at radius 2 is 2.21 bits per heavy atom. The number of aldehydes is 1. The van der Waals surface area contributed by atoms with E-state index in [0.29, 0.717) is 22.7 Å². The minimum Gasteiger partial charge on any atom is -0.493 e. The highest BCUT2D eigenvalue weighted by Gasteiger charge is 2.13. The average Bonchev–Trinajstić information content (AvgIpc) is 2.92. The van der Waals surface area contributed by atoms with Crippen molar-refractivity contribution in [2.45, 2.75) is 0 Å². The number of methoxy groups -OCH3 is 1.